The summed E-state index contributed by atoms with van der Waals surface area (Å²) in [6.45, 7) is 4.64. The number of carbonyl (C=O) groups excluding carboxylic acids is 2. The van der Waals surface area contributed by atoms with Crippen molar-refractivity contribution in [3.05, 3.63) is 83.4 Å². The van der Waals surface area contributed by atoms with Crippen molar-refractivity contribution in [3.8, 4) is 22.8 Å². The van der Waals surface area contributed by atoms with Crippen molar-refractivity contribution in [3.63, 3.8) is 0 Å². The number of aromatic hydroxyl groups is 2. The lowest BCUT2D eigenvalue weighted by atomic mass is 10.0. The maximum Gasteiger partial charge on any atom is 0.338 e. The Balaban J connectivity index is 1.54. The van der Waals surface area contributed by atoms with Crippen molar-refractivity contribution in [2.24, 2.45) is 5.92 Å². The summed E-state index contributed by atoms with van der Waals surface area (Å²) in [6.07, 6.45) is 0. The molecule has 3 N–H and O–H groups in total. The van der Waals surface area contributed by atoms with Gasteiger partial charge >= 0.3 is 5.97 Å². The van der Waals surface area contributed by atoms with Gasteiger partial charge in [0.2, 0.25) is 0 Å². The highest BCUT2D eigenvalue weighted by Crippen LogP contribution is 2.34. The van der Waals surface area contributed by atoms with Gasteiger partial charge < -0.3 is 24.7 Å². The Morgan fingerprint density at radius 2 is 1.71 bits per heavy atom. The maximum absolute atomic E-state index is 13.0. The topological polar surface area (TPSA) is 109 Å². The monoisotopic (exact) mass is 459 g/mol. The summed E-state index contributed by atoms with van der Waals surface area (Å²) in [6, 6.07) is 18.4. The molecule has 0 aliphatic heterocycles. The predicted molar refractivity (Wildman–Crippen MR) is 128 cm³/mol. The van der Waals surface area contributed by atoms with E-state index >= 15 is 0 Å². The van der Waals surface area contributed by atoms with Crippen LogP contribution in [0.25, 0.3) is 22.3 Å². The quantitative estimate of drug-likeness (QED) is 0.257. The summed E-state index contributed by atoms with van der Waals surface area (Å²) in [5.74, 6) is -0.721. The third-order valence-corrected chi connectivity index (χ3v) is 5.29. The molecule has 0 unspecified atom stereocenters. The molecule has 0 radical (unpaired) electrons. The lowest BCUT2D eigenvalue weighted by molar-refractivity contribution is 0.0472. The third kappa shape index (κ3) is 4.88. The summed E-state index contributed by atoms with van der Waals surface area (Å²) in [4.78, 5) is 25.2. The second-order valence-electron chi connectivity index (χ2n) is 8.38. The number of fused-ring (bicyclic) bond motifs is 1. The van der Waals surface area contributed by atoms with E-state index in [1.54, 1.807) is 12.1 Å². The Bertz CT molecular complexity index is 1340. The van der Waals surface area contributed by atoms with E-state index in [-0.39, 0.29) is 23.8 Å². The Kier molecular flexibility index (Phi) is 6.54. The van der Waals surface area contributed by atoms with Crippen molar-refractivity contribution in [1.29, 1.82) is 0 Å². The fourth-order valence-corrected chi connectivity index (χ4v) is 3.49. The van der Waals surface area contributed by atoms with E-state index in [0.717, 1.165) is 22.6 Å². The Labute approximate surface area is 196 Å². The van der Waals surface area contributed by atoms with Gasteiger partial charge in [0.15, 0.2) is 11.5 Å². The van der Waals surface area contributed by atoms with Crippen LogP contribution in [0.2, 0.25) is 0 Å². The Morgan fingerprint density at radius 1 is 0.971 bits per heavy atom. The van der Waals surface area contributed by atoms with E-state index in [0.29, 0.717) is 29.4 Å². The number of hydrogen-bond donors (Lipinski definition) is 3. The predicted octanol–water partition coefficient (Wildman–Crippen LogP) is 5.25. The molecule has 3 aromatic carbocycles. The molecule has 0 aliphatic rings. The number of nitrogens with one attached hydrogen (secondary N) is 1. The molecule has 1 amide bonds. The molecule has 4 aromatic rings. The average Bonchev–Trinajstić information content (AvgIpc) is 3.22. The molecular formula is C27H25NO6. The number of carbonyl (C=O) groups is 2. The van der Waals surface area contributed by atoms with Crippen LogP contribution in [0.5, 0.6) is 11.5 Å². The standard InChI is InChI=1S/C27H25NO6/c1-16(2)14-28-26(31)24-20-5-3-4-6-23(20)34-25(24)18-9-7-17(8-10-18)15-33-27(32)19-11-12-21(29)22(30)13-19/h3-13,16,29-30H,14-15H2,1-2H3,(H,28,31). The molecule has 0 saturated carbocycles. The SMILES string of the molecule is CC(C)CNC(=O)c1c(-c2ccc(COC(=O)c3ccc(O)c(O)c3)cc2)oc2ccccc12. The molecule has 1 heterocycles. The Hall–Kier alpha value is -4.26. The number of hydrogen-bond acceptors (Lipinski definition) is 6. The first-order valence-electron chi connectivity index (χ1n) is 10.9. The van der Waals surface area contributed by atoms with Gasteiger partial charge in [0.05, 0.1) is 11.1 Å². The second kappa shape index (κ2) is 9.70. The lowest BCUT2D eigenvalue weighted by Gasteiger charge is -2.09. The van der Waals surface area contributed by atoms with E-state index < -0.39 is 11.7 Å². The number of amides is 1. The maximum atomic E-state index is 13.0. The molecule has 4 rings (SSSR count). The van der Waals surface area contributed by atoms with Gasteiger partial charge in [0.1, 0.15) is 18.0 Å². The molecule has 0 aliphatic carbocycles. The minimum Gasteiger partial charge on any atom is -0.504 e. The van der Waals surface area contributed by atoms with Crippen LogP contribution < -0.4 is 5.32 Å². The van der Waals surface area contributed by atoms with Gasteiger partial charge in [-0.3, -0.25) is 4.79 Å². The number of furan rings is 1. The summed E-state index contributed by atoms with van der Waals surface area (Å²) >= 11 is 0. The zero-order valence-electron chi connectivity index (χ0n) is 18.9. The largest absolute Gasteiger partial charge is 0.504 e. The van der Waals surface area contributed by atoms with Crippen LogP contribution in [0.3, 0.4) is 0 Å². The van der Waals surface area contributed by atoms with Crippen LogP contribution in [0.15, 0.2) is 71.1 Å². The van der Waals surface area contributed by atoms with E-state index in [2.05, 4.69) is 5.32 Å². The van der Waals surface area contributed by atoms with Crippen LogP contribution in [0, 0.1) is 5.92 Å². The molecule has 0 saturated heterocycles. The van der Waals surface area contributed by atoms with E-state index in [9.17, 15) is 19.8 Å². The number of ether oxygens (including phenoxy) is 1. The number of para-hydroxylation sites is 1. The van der Waals surface area contributed by atoms with Crippen molar-refractivity contribution in [2.75, 3.05) is 6.54 Å². The first kappa shape index (κ1) is 22.9. The van der Waals surface area contributed by atoms with Crippen molar-refractivity contribution in [1.82, 2.24) is 5.32 Å². The molecule has 7 heteroatoms. The van der Waals surface area contributed by atoms with E-state index in [1.165, 1.54) is 12.1 Å². The van der Waals surface area contributed by atoms with Crippen molar-refractivity contribution < 1.29 is 29.0 Å². The summed E-state index contributed by atoms with van der Waals surface area (Å²) in [5.41, 5.74) is 2.71. The van der Waals surface area contributed by atoms with Gasteiger partial charge in [-0.25, -0.2) is 4.79 Å². The van der Waals surface area contributed by atoms with Crippen LogP contribution >= 0.6 is 0 Å². The van der Waals surface area contributed by atoms with Gasteiger partial charge in [-0.1, -0.05) is 56.3 Å². The van der Waals surface area contributed by atoms with Gasteiger partial charge in [0.25, 0.3) is 5.91 Å². The molecular weight excluding hydrogens is 434 g/mol. The average molecular weight is 459 g/mol. The van der Waals surface area contributed by atoms with Gasteiger partial charge in [-0.15, -0.1) is 0 Å². The number of phenolic OH excluding ortho intramolecular Hbond substituents is 2. The molecule has 174 valence electrons. The molecule has 0 bridgehead atoms. The molecule has 0 atom stereocenters. The van der Waals surface area contributed by atoms with Crippen LogP contribution in [-0.4, -0.2) is 28.6 Å². The number of esters is 1. The number of phenols is 2. The van der Waals surface area contributed by atoms with Crippen LogP contribution in [-0.2, 0) is 11.3 Å². The van der Waals surface area contributed by atoms with Crippen LogP contribution in [0.1, 0.15) is 40.1 Å². The first-order valence-corrected chi connectivity index (χ1v) is 10.9. The smallest absolute Gasteiger partial charge is 0.338 e. The molecule has 0 fully saturated rings. The summed E-state index contributed by atoms with van der Waals surface area (Å²) in [7, 11) is 0. The normalized spacial score (nSPS) is 11.0. The second-order valence-corrected chi connectivity index (χ2v) is 8.38. The number of rotatable bonds is 7. The molecule has 0 spiro atoms. The highest BCUT2D eigenvalue weighted by Gasteiger charge is 2.22. The zero-order valence-corrected chi connectivity index (χ0v) is 18.9. The zero-order chi connectivity index (χ0) is 24.2. The lowest BCUT2D eigenvalue weighted by Crippen LogP contribution is -2.27. The molecule has 34 heavy (non-hydrogen) atoms. The van der Waals surface area contributed by atoms with Gasteiger partial charge in [-0.2, -0.15) is 0 Å². The van der Waals surface area contributed by atoms with Crippen molar-refractivity contribution in [2.45, 2.75) is 20.5 Å². The highest BCUT2D eigenvalue weighted by molar-refractivity contribution is 6.11. The fourth-order valence-electron chi connectivity index (χ4n) is 3.49. The van der Waals surface area contributed by atoms with Crippen molar-refractivity contribution >= 4 is 22.8 Å². The van der Waals surface area contributed by atoms with Gasteiger partial charge in [0, 0.05) is 17.5 Å². The third-order valence-electron chi connectivity index (χ3n) is 5.29. The minimum atomic E-state index is -0.624. The summed E-state index contributed by atoms with van der Waals surface area (Å²) in [5, 5.41) is 22.6. The molecule has 1 aromatic heterocycles. The highest BCUT2D eigenvalue weighted by atomic mass is 16.5. The first-order chi connectivity index (χ1) is 16.3. The Morgan fingerprint density at radius 3 is 2.41 bits per heavy atom. The summed E-state index contributed by atoms with van der Waals surface area (Å²) < 4.78 is 11.3. The number of benzene rings is 3. The molecule has 7 nitrogen and oxygen atoms in total. The van der Waals surface area contributed by atoms with Gasteiger partial charge in [-0.05, 0) is 35.7 Å². The minimum absolute atomic E-state index is 0.0165. The fraction of sp³-hybridized carbons (Fsp3) is 0.185. The van der Waals surface area contributed by atoms with E-state index in [1.807, 2.05) is 50.2 Å². The van der Waals surface area contributed by atoms with E-state index in [4.69, 9.17) is 9.15 Å². The van der Waals surface area contributed by atoms with Crippen LogP contribution in [0.4, 0.5) is 0 Å².